The number of hydrogen-bond donors (Lipinski definition) is 1. The Morgan fingerprint density at radius 1 is 1.50 bits per heavy atom. The Morgan fingerprint density at radius 3 is 2.83 bits per heavy atom. The van der Waals surface area contributed by atoms with E-state index in [1.54, 1.807) is 6.92 Å². The summed E-state index contributed by atoms with van der Waals surface area (Å²) < 4.78 is 0. The fourth-order valence-corrected chi connectivity index (χ4v) is 2.46. The van der Waals surface area contributed by atoms with Gasteiger partial charge in [-0.3, -0.25) is 4.79 Å². The summed E-state index contributed by atoms with van der Waals surface area (Å²) in [6, 6.07) is 8.24. The average molecular weight is 262 g/mol. The van der Waals surface area contributed by atoms with Crippen LogP contribution in [0.15, 0.2) is 24.3 Å². The van der Waals surface area contributed by atoms with Gasteiger partial charge < -0.3 is 10.6 Å². The first-order chi connectivity index (χ1) is 8.52. The molecule has 0 saturated heterocycles. The van der Waals surface area contributed by atoms with E-state index in [-0.39, 0.29) is 16.9 Å². The number of thiocarbonyl (C=S) groups is 1. The van der Waals surface area contributed by atoms with Crippen molar-refractivity contribution >= 4 is 28.8 Å². The molecule has 0 saturated carbocycles. The lowest BCUT2D eigenvalue weighted by molar-refractivity contribution is -0.120. The Morgan fingerprint density at radius 2 is 2.17 bits per heavy atom. The zero-order chi connectivity index (χ0) is 13.3. The molecule has 0 bridgehead atoms. The molecule has 0 fully saturated rings. The lowest BCUT2D eigenvalue weighted by Crippen LogP contribution is -2.47. The number of anilines is 1. The van der Waals surface area contributed by atoms with Crippen molar-refractivity contribution in [2.45, 2.75) is 32.7 Å². The van der Waals surface area contributed by atoms with Crippen molar-refractivity contribution in [2.75, 3.05) is 4.90 Å². The van der Waals surface area contributed by atoms with Crippen LogP contribution in [0.3, 0.4) is 0 Å². The summed E-state index contributed by atoms with van der Waals surface area (Å²) in [6.45, 7) is 3.84. The van der Waals surface area contributed by atoms with Crippen LogP contribution in [-0.4, -0.2) is 16.9 Å². The summed E-state index contributed by atoms with van der Waals surface area (Å²) in [7, 11) is 0. The van der Waals surface area contributed by atoms with Crippen molar-refractivity contribution in [1.82, 2.24) is 0 Å². The molecule has 18 heavy (non-hydrogen) atoms. The fourth-order valence-electron chi connectivity index (χ4n) is 2.35. The van der Waals surface area contributed by atoms with Gasteiger partial charge in [-0.2, -0.15) is 0 Å². The maximum atomic E-state index is 12.5. The van der Waals surface area contributed by atoms with Crippen LogP contribution in [0.4, 0.5) is 5.69 Å². The molecule has 0 radical (unpaired) electrons. The second-order valence-corrected chi connectivity index (χ2v) is 5.32. The highest BCUT2D eigenvalue weighted by molar-refractivity contribution is 7.80. The first-order valence-electron chi connectivity index (χ1n) is 6.22. The molecule has 2 unspecified atom stereocenters. The molecular weight excluding hydrogens is 244 g/mol. The smallest absolute Gasteiger partial charge is 0.236 e. The molecule has 2 rings (SSSR count). The molecule has 2 N–H and O–H groups in total. The van der Waals surface area contributed by atoms with E-state index in [1.807, 2.05) is 23.1 Å². The SMILES string of the molecule is CC(C(=O)N1c2ccccc2CCC1C)C(N)=S. The number of rotatable bonds is 2. The molecule has 0 spiro atoms. The van der Waals surface area contributed by atoms with Crippen molar-refractivity contribution in [1.29, 1.82) is 0 Å². The molecule has 2 atom stereocenters. The number of hydrogen-bond acceptors (Lipinski definition) is 2. The second kappa shape index (κ2) is 5.06. The first-order valence-corrected chi connectivity index (χ1v) is 6.63. The van der Waals surface area contributed by atoms with Gasteiger partial charge in [-0.25, -0.2) is 0 Å². The molecule has 1 amide bonds. The Hall–Kier alpha value is -1.42. The van der Waals surface area contributed by atoms with E-state index in [0.717, 1.165) is 18.5 Å². The Kier molecular flexibility index (Phi) is 3.66. The van der Waals surface area contributed by atoms with Crippen LogP contribution in [0.5, 0.6) is 0 Å². The summed E-state index contributed by atoms with van der Waals surface area (Å²) in [4.78, 5) is 14.6. The molecule has 0 aromatic heterocycles. The first kappa shape index (κ1) is 13.0. The van der Waals surface area contributed by atoms with E-state index in [4.69, 9.17) is 18.0 Å². The van der Waals surface area contributed by atoms with Gasteiger partial charge in [0, 0.05) is 11.7 Å². The number of carbonyl (C=O) groups excluding carboxylic acids is 1. The van der Waals surface area contributed by atoms with Crippen molar-refractivity contribution < 1.29 is 4.79 Å². The van der Waals surface area contributed by atoms with Gasteiger partial charge in [0.25, 0.3) is 0 Å². The zero-order valence-electron chi connectivity index (χ0n) is 10.7. The van der Waals surface area contributed by atoms with E-state index in [2.05, 4.69) is 13.0 Å². The Labute approximate surface area is 113 Å². The molecule has 1 aliphatic rings. The monoisotopic (exact) mass is 262 g/mol. The quantitative estimate of drug-likeness (QED) is 0.832. The summed E-state index contributed by atoms with van der Waals surface area (Å²) >= 11 is 4.93. The van der Waals surface area contributed by atoms with Crippen molar-refractivity contribution in [3.63, 3.8) is 0 Å². The molecule has 3 nitrogen and oxygen atoms in total. The predicted octanol–water partition coefficient (Wildman–Crippen LogP) is 2.28. The van der Waals surface area contributed by atoms with E-state index in [9.17, 15) is 4.79 Å². The van der Waals surface area contributed by atoms with Crippen LogP contribution >= 0.6 is 12.2 Å². The second-order valence-electron chi connectivity index (χ2n) is 4.85. The minimum absolute atomic E-state index is 0.00199. The summed E-state index contributed by atoms with van der Waals surface area (Å²) in [5.74, 6) is -0.407. The van der Waals surface area contributed by atoms with Crippen LogP contribution in [0, 0.1) is 5.92 Å². The van der Waals surface area contributed by atoms with Gasteiger partial charge in [0.2, 0.25) is 5.91 Å². The number of nitrogens with zero attached hydrogens (tertiary/aromatic N) is 1. The number of benzene rings is 1. The third kappa shape index (κ3) is 2.25. The van der Waals surface area contributed by atoms with Crippen LogP contribution in [0.25, 0.3) is 0 Å². The number of aryl methyl sites for hydroxylation is 1. The van der Waals surface area contributed by atoms with E-state index in [1.165, 1.54) is 5.56 Å². The van der Waals surface area contributed by atoms with Gasteiger partial charge in [-0.1, -0.05) is 30.4 Å². The number of amides is 1. The Bertz CT molecular complexity index is 486. The number of carbonyl (C=O) groups is 1. The predicted molar refractivity (Wildman–Crippen MR) is 77.7 cm³/mol. The highest BCUT2D eigenvalue weighted by Crippen LogP contribution is 2.31. The van der Waals surface area contributed by atoms with Gasteiger partial charge >= 0.3 is 0 Å². The largest absolute Gasteiger partial charge is 0.393 e. The molecule has 96 valence electrons. The van der Waals surface area contributed by atoms with Crippen molar-refractivity contribution in [3.8, 4) is 0 Å². The van der Waals surface area contributed by atoms with Gasteiger partial charge in [0.15, 0.2) is 0 Å². The highest BCUT2D eigenvalue weighted by atomic mass is 32.1. The maximum absolute atomic E-state index is 12.5. The molecule has 4 heteroatoms. The lowest BCUT2D eigenvalue weighted by atomic mass is 9.95. The van der Waals surface area contributed by atoms with Gasteiger partial charge in [-0.15, -0.1) is 0 Å². The van der Waals surface area contributed by atoms with Gasteiger partial charge in [0.1, 0.15) is 0 Å². The topological polar surface area (TPSA) is 46.3 Å². The molecule has 1 heterocycles. The molecule has 1 aliphatic heterocycles. The molecular formula is C14H18N2OS. The number of fused-ring (bicyclic) bond motifs is 1. The Balaban J connectivity index is 2.37. The lowest BCUT2D eigenvalue weighted by Gasteiger charge is -2.36. The minimum Gasteiger partial charge on any atom is -0.393 e. The van der Waals surface area contributed by atoms with Gasteiger partial charge in [-0.05, 0) is 38.3 Å². The van der Waals surface area contributed by atoms with Crippen LogP contribution < -0.4 is 10.6 Å². The van der Waals surface area contributed by atoms with E-state index >= 15 is 0 Å². The maximum Gasteiger partial charge on any atom is 0.236 e. The third-order valence-corrected chi connectivity index (χ3v) is 3.91. The van der Waals surface area contributed by atoms with E-state index < -0.39 is 5.92 Å². The van der Waals surface area contributed by atoms with Crippen LogP contribution in [0.2, 0.25) is 0 Å². The third-order valence-electron chi connectivity index (χ3n) is 3.56. The summed E-state index contributed by atoms with van der Waals surface area (Å²) in [5, 5.41) is 0. The van der Waals surface area contributed by atoms with Crippen molar-refractivity contribution in [2.24, 2.45) is 11.7 Å². The van der Waals surface area contributed by atoms with Crippen LogP contribution in [0.1, 0.15) is 25.8 Å². The molecule has 1 aromatic carbocycles. The summed E-state index contributed by atoms with van der Waals surface area (Å²) in [6.07, 6.45) is 2.00. The highest BCUT2D eigenvalue weighted by Gasteiger charge is 2.31. The van der Waals surface area contributed by atoms with Gasteiger partial charge in [0.05, 0.1) is 10.9 Å². The van der Waals surface area contributed by atoms with E-state index in [0.29, 0.717) is 0 Å². The normalized spacial score (nSPS) is 20.1. The molecule has 1 aromatic rings. The number of nitrogens with two attached hydrogens (primary N) is 1. The van der Waals surface area contributed by atoms with Crippen molar-refractivity contribution in [3.05, 3.63) is 29.8 Å². The standard InChI is InChI=1S/C14H18N2OS/c1-9-7-8-11-5-3-4-6-12(11)16(9)14(17)10(2)13(15)18/h3-6,9-10H,7-8H2,1-2H3,(H2,15,18). The average Bonchev–Trinajstić information content (AvgIpc) is 2.37. The number of para-hydroxylation sites is 1. The summed E-state index contributed by atoms with van der Waals surface area (Å²) in [5.41, 5.74) is 7.82. The molecule has 0 aliphatic carbocycles. The minimum atomic E-state index is -0.409. The fraction of sp³-hybridized carbons (Fsp3) is 0.429. The zero-order valence-corrected chi connectivity index (χ0v) is 11.5. The van der Waals surface area contributed by atoms with Crippen LogP contribution in [-0.2, 0) is 11.2 Å².